The Labute approximate surface area is 117 Å². The first-order chi connectivity index (χ1) is 9.84. The first kappa shape index (κ1) is 11.5. The first-order valence-electron chi connectivity index (χ1n) is 6.97. The summed E-state index contributed by atoms with van der Waals surface area (Å²) in [6.45, 7) is 0. The van der Waals surface area contributed by atoms with E-state index < -0.39 is 0 Å². The second-order valence-electron chi connectivity index (χ2n) is 5.26. The molecule has 0 aliphatic heterocycles. The zero-order valence-corrected chi connectivity index (χ0v) is 11.2. The fraction of sp³-hybridized carbons (Fsp3) is 0.111. The van der Waals surface area contributed by atoms with E-state index in [9.17, 15) is 0 Å². The van der Waals surface area contributed by atoms with Crippen molar-refractivity contribution >= 4 is 23.1 Å². The number of benzene rings is 2. The van der Waals surface area contributed by atoms with Gasteiger partial charge < -0.3 is 10.3 Å². The molecule has 1 heterocycles. The van der Waals surface area contributed by atoms with Crippen molar-refractivity contribution in [1.29, 1.82) is 0 Å². The molecule has 3 aromatic rings. The van der Waals surface area contributed by atoms with E-state index in [1.165, 1.54) is 27.2 Å². The third-order valence-corrected chi connectivity index (χ3v) is 3.93. The van der Waals surface area contributed by atoms with Crippen LogP contribution in [0.25, 0.3) is 28.7 Å². The van der Waals surface area contributed by atoms with Gasteiger partial charge in [-0.05, 0) is 24.6 Å². The Kier molecular flexibility index (Phi) is 2.51. The van der Waals surface area contributed by atoms with Gasteiger partial charge in [-0.2, -0.15) is 0 Å². The predicted octanol–water partition coefficient (Wildman–Crippen LogP) is 1.92. The van der Waals surface area contributed by atoms with Crippen LogP contribution in [-0.2, 0) is 0 Å². The zero-order valence-electron chi connectivity index (χ0n) is 11.2. The molecule has 0 amide bonds. The van der Waals surface area contributed by atoms with Crippen molar-refractivity contribution in [3.8, 4) is 5.69 Å². The van der Waals surface area contributed by atoms with Crippen LogP contribution in [0.3, 0.4) is 0 Å². The van der Waals surface area contributed by atoms with Crippen LogP contribution in [0.2, 0.25) is 0 Å². The second-order valence-corrected chi connectivity index (χ2v) is 5.26. The van der Waals surface area contributed by atoms with Gasteiger partial charge in [0.05, 0.1) is 5.52 Å². The number of para-hydroxylation sites is 2. The molecule has 0 spiro atoms. The maximum Gasteiger partial charge on any atom is 0.0540 e. The number of nitrogens with zero attached hydrogens (tertiary/aromatic N) is 1. The molecule has 0 saturated heterocycles. The Balaban J connectivity index is 2.21. The molecule has 1 atom stereocenters. The molecule has 1 aliphatic rings. The highest BCUT2D eigenvalue weighted by Gasteiger charge is 2.12. The molecule has 2 heteroatoms. The number of nitrogens with two attached hydrogens (primary N) is 1. The van der Waals surface area contributed by atoms with E-state index in [0.29, 0.717) is 0 Å². The van der Waals surface area contributed by atoms with Crippen molar-refractivity contribution in [3.63, 3.8) is 0 Å². The normalized spacial score (nSPS) is 17.4. The van der Waals surface area contributed by atoms with E-state index in [1.54, 1.807) is 0 Å². The molecule has 20 heavy (non-hydrogen) atoms. The maximum atomic E-state index is 6.09. The van der Waals surface area contributed by atoms with Crippen LogP contribution < -0.4 is 16.3 Å². The molecule has 2 N–H and O–H groups in total. The number of hydrogen-bond donors (Lipinski definition) is 1. The van der Waals surface area contributed by atoms with Gasteiger partial charge in [-0.25, -0.2) is 0 Å². The zero-order chi connectivity index (χ0) is 13.5. The molecule has 2 nitrogen and oxygen atoms in total. The van der Waals surface area contributed by atoms with E-state index in [2.05, 4.69) is 65.3 Å². The number of fused-ring (bicyclic) bond motifs is 3. The van der Waals surface area contributed by atoms with Gasteiger partial charge in [-0.3, -0.25) is 0 Å². The quantitative estimate of drug-likeness (QED) is 0.712. The van der Waals surface area contributed by atoms with Gasteiger partial charge in [0.15, 0.2) is 0 Å². The topological polar surface area (TPSA) is 30.9 Å². The van der Waals surface area contributed by atoms with Crippen LogP contribution in [0.15, 0.2) is 54.6 Å². The molecule has 0 bridgehead atoms. The van der Waals surface area contributed by atoms with Crippen molar-refractivity contribution in [2.24, 2.45) is 5.73 Å². The van der Waals surface area contributed by atoms with Crippen molar-refractivity contribution in [2.75, 3.05) is 0 Å². The van der Waals surface area contributed by atoms with Gasteiger partial charge >= 0.3 is 0 Å². The summed E-state index contributed by atoms with van der Waals surface area (Å²) in [5.41, 5.74) is 8.53. The summed E-state index contributed by atoms with van der Waals surface area (Å²) in [5, 5.41) is 3.81. The summed E-state index contributed by atoms with van der Waals surface area (Å²) in [5.74, 6) is 0. The van der Waals surface area contributed by atoms with Crippen LogP contribution >= 0.6 is 0 Å². The van der Waals surface area contributed by atoms with Crippen molar-refractivity contribution in [2.45, 2.75) is 12.5 Å². The number of aromatic nitrogens is 1. The number of hydrogen-bond acceptors (Lipinski definition) is 1. The minimum Gasteiger partial charge on any atom is -0.324 e. The Morgan fingerprint density at radius 3 is 2.55 bits per heavy atom. The average molecular weight is 260 g/mol. The molecule has 4 rings (SSSR count). The van der Waals surface area contributed by atoms with E-state index in [-0.39, 0.29) is 6.04 Å². The lowest BCUT2D eigenvalue weighted by Gasteiger charge is -2.09. The van der Waals surface area contributed by atoms with Crippen molar-refractivity contribution in [3.05, 3.63) is 65.2 Å². The third kappa shape index (κ3) is 1.62. The van der Waals surface area contributed by atoms with E-state index in [1.807, 2.05) is 6.07 Å². The molecule has 0 radical (unpaired) electrons. The van der Waals surface area contributed by atoms with Gasteiger partial charge in [-0.1, -0.05) is 48.6 Å². The molecule has 1 aromatic heterocycles. The van der Waals surface area contributed by atoms with E-state index >= 15 is 0 Å². The molecule has 0 saturated carbocycles. The minimum absolute atomic E-state index is 0.123. The standard InChI is InChI=1S/C18H16N2/c19-13-10-11-18-16(12-13)15-8-4-5-9-17(15)20(18)14-6-2-1-3-7-14/h1-9,11-13H,10,19H2. The highest BCUT2D eigenvalue weighted by Crippen LogP contribution is 2.15. The first-order valence-corrected chi connectivity index (χ1v) is 6.97. The summed E-state index contributed by atoms with van der Waals surface area (Å²) in [6, 6.07) is 19.2. The average Bonchev–Trinajstić information content (AvgIpc) is 2.82. The van der Waals surface area contributed by atoms with Gasteiger partial charge in [0, 0.05) is 27.7 Å². The molecule has 98 valence electrons. The summed E-state index contributed by atoms with van der Waals surface area (Å²) in [4.78, 5) is 0. The van der Waals surface area contributed by atoms with Crippen LogP contribution in [-0.4, -0.2) is 10.6 Å². The Bertz CT molecular complexity index is 888. The summed E-state index contributed by atoms with van der Waals surface area (Å²) < 4.78 is 2.33. The summed E-state index contributed by atoms with van der Waals surface area (Å²) >= 11 is 0. The molecular formula is C18H16N2. The van der Waals surface area contributed by atoms with Gasteiger partial charge in [0.1, 0.15) is 0 Å². The lowest BCUT2D eigenvalue weighted by Crippen LogP contribution is -2.35. The van der Waals surface area contributed by atoms with Gasteiger partial charge in [0.25, 0.3) is 0 Å². The largest absolute Gasteiger partial charge is 0.324 e. The van der Waals surface area contributed by atoms with Crippen LogP contribution in [0.1, 0.15) is 6.42 Å². The minimum atomic E-state index is 0.123. The van der Waals surface area contributed by atoms with Crippen LogP contribution in [0, 0.1) is 0 Å². The van der Waals surface area contributed by atoms with E-state index in [4.69, 9.17) is 5.73 Å². The summed E-state index contributed by atoms with van der Waals surface area (Å²) in [6.07, 6.45) is 5.35. The second kappa shape index (κ2) is 4.36. The van der Waals surface area contributed by atoms with Crippen molar-refractivity contribution < 1.29 is 0 Å². The monoisotopic (exact) mass is 260 g/mol. The molecule has 2 aromatic carbocycles. The number of rotatable bonds is 1. The van der Waals surface area contributed by atoms with Gasteiger partial charge in [-0.15, -0.1) is 0 Å². The van der Waals surface area contributed by atoms with Gasteiger partial charge in [0.2, 0.25) is 0 Å². The molecular weight excluding hydrogens is 244 g/mol. The molecule has 0 fully saturated rings. The fourth-order valence-electron chi connectivity index (χ4n) is 3.05. The Morgan fingerprint density at radius 2 is 1.70 bits per heavy atom. The third-order valence-electron chi connectivity index (χ3n) is 3.93. The summed E-state index contributed by atoms with van der Waals surface area (Å²) in [7, 11) is 0. The SMILES string of the molecule is NC1C=c2c(n(-c3ccccc3)c3ccccc23)=CC1. The van der Waals surface area contributed by atoms with E-state index in [0.717, 1.165) is 6.42 Å². The highest BCUT2D eigenvalue weighted by molar-refractivity contribution is 5.84. The lowest BCUT2D eigenvalue weighted by atomic mass is 10.1. The smallest absolute Gasteiger partial charge is 0.0540 e. The Hall–Kier alpha value is -2.32. The van der Waals surface area contributed by atoms with Crippen LogP contribution in [0.4, 0.5) is 0 Å². The predicted molar refractivity (Wildman–Crippen MR) is 84.0 cm³/mol. The molecule has 1 unspecified atom stereocenters. The highest BCUT2D eigenvalue weighted by atomic mass is 15.0. The maximum absolute atomic E-state index is 6.09. The Morgan fingerprint density at radius 1 is 0.950 bits per heavy atom. The van der Waals surface area contributed by atoms with Crippen molar-refractivity contribution in [1.82, 2.24) is 4.57 Å². The molecule has 1 aliphatic carbocycles. The van der Waals surface area contributed by atoms with Crippen LogP contribution in [0.5, 0.6) is 0 Å². The fourth-order valence-corrected chi connectivity index (χ4v) is 3.05. The lowest BCUT2D eigenvalue weighted by molar-refractivity contribution is 0.878.